The first-order valence-corrected chi connectivity index (χ1v) is 8.75. The monoisotopic (exact) mass is 327 g/mol. The van der Waals surface area contributed by atoms with Gasteiger partial charge in [0, 0.05) is 47.7 Å². The van der Waals surface area contributed by atoms with Crippen molar-refractivity contribution in [2.24, 2.45) is 5.92 Å². The second-order valence-electron chi connectivity index (χ2n) is 6.65. The van der Waals surface area contributed by atoms with Crippen molar-refractivity contribution >= 4 is 28.4 Å². The third-order valence-corrected chi connectivity index (χ3v) is 4.71. The minimum Gasteiger partial charge on any atom is -0.359 e. The number of piperidine rings is 1. The fraction of sp³-hybridized carbons (Fsp3) is 0.474. The first kappa shape index (κ1) is 16.6. The Bertz CT molecular complexity index is 742. The van der Waals surface area contributed by atoms with Crippen molar-refractivity contribution < 1.29 is 9.59 Å². The fourth-order valence-corrected chi connectivity index (χ4v) is 3.36. The molecule has 1 aliphatic rings. The van der Waals surface area contributed by atoms with Gasteiger partial charge in [0.15, 0.2) is 0 Å². The van der Waals surface area contributed by atoms with Crippen molar-refractivity contribution in [3.05, 3.63) is 30.0 Å². The summed E-state index contributed by atoms with van der Waals surface area (Å²) >= 11 is 0. The summed E-state index contributed by atoms with van der Waals surface area (Å²) in [6.07, 6.45) is 2.97. The van der Waals surface area contributed by atoms with Crippen LogP contribution in [0, 0.1) is 12.8 Å². The van der Waals surface area contributed by atoms with Gasteiger partial charge in [0.25, 0.3) is 0 Å². The predicted molar refractivity (Wildman–Crippen MR) is 95.9 cm³/mol. The molecule has 2 aromatic rings. The number of aromatic amines is 1. The number of fused-ring (bicyclic) bond motifs is 1. The highest BCUT2D eigenvalue weighted by Gasteiger charge is 2.27. The number of carbonyl (C=O) groups is 2. The molecule has 2 heterocycles. The second kappa shape index (κ2) is 7.07. The molecule has 0 aliphatic carbocycles. The molecule has 5 heteroatoms. The van der Waals surface area contributed by atoms with E-state index in [0.717, 1.165) is 41.5 Å². The third kappa shape index (κ3) is 3.61. The van der Waals surface area contributed by atoms with Crippen LogP contribution in [0.5, 0.6) is 0 Å². The number of likely N-dealkylation sites (tertiary alicyclic amines) is 1. The molecule has 0 radical (unpaired) electrons. The van der Waals surface area contributed by atoms with Gasteiger partial charge in [-0.15, -0.1) is 0 Å². The lowest BCUT2D eigenvalue weighted by Crippen LogP contribution is -2.41. The highest BCUT2D eigenvalue weighted by Crippen LogP contribution is 2.23. The maximum absolute atomic E-state index is 12.5. The van der Waals surface area contributed by atoms with Gasteiger partial charge in [-0.3, -0.25) is 9.59 Å². The third-order valence-electron chi connectivity index (χ3n) is 4.71. The highest BCUT2D eigenvalue weighted by molar-refractivity contribution is 5.95. The summed E-state index contributed by atoms with van der Waals surface area (Å²) in [6, 6.07) is 7.99. The number of hydrogen-bond donors (Lipinski definition) is 2. The maximum Gasteiger partial charge on any atom is 0.227 e. The molecule has 3 rings (SSSR count). The van der Waals surface area contributed by atoms with E-state index in [1.807, 2.05) is 36.9 Å². The lowest BCUT2D eigenvalue weighted by Gasteiger charge is -2.31. The molecule has 1 aromatic heterocycles. The smallest absolute Gasteiger partial charge is 0.227 e. The fourth-order valence-electron chi connectivity index (χ4n) is 3.36. The summed E-state index contributed by atoms with van der Waals surface area (Å²) in [5.74, 6) is 0.258. The number of hydrogen-bond acceptors (Lipinski definition) is 2. The summed E-state index contributed by atoms with van der Waals surface area (Å²) < 4.78 is 0. The molecule has 0 unspecified atom stereocenters. The minimum absolute atomic E-state index is 0.0145. The van der Waals surface area contributed by atoms with Gasteiger partial charge >= 0.3 is 0 Å². The van der Waals surface area contributed by atoms with E-state index in [2.05, 4.69) is 16.4 Å². The SMILES string of the molecule is CCCC(=O)N1CCC(C(=O)Nc2ccc3[nH]c(C)cc3c2)CC1. The Labute approximate surface area is 142 Å². The van der Waals surface area contributed by atoms with Gasteiger partial charge in [-0.05, 0) is 50.5 Å². The van der Waals surface area contributed by atoms with Gasteiger partial charge in [-0.25, -0.2) is 0 Å². The molecule has 24 heavy (non-hydrogen) atoms. The molecule has 0 bridgehead atoms. The van der Waals surface area contributed by atoms with E-state index < -0.39 is 0 Å². The van der Waals surface area contributed by atoms with Crippen molar-refractivity contribution in [1.82, 2.24) is 9.88 Å². The zero-order chi connectivity index (χ0) is 17.1. The van der Waals surface area contributed by atoms with Crippen LogP contribution in [0.15, 0.2) is 24.3 Å². The molecule has 128 valence electrons. The molecule has 1 aliphatic heterocycles. The first-order valence-electron chi connectivity index (χ1n) is 8.75. The summed E-state index contributed by atoms with van der Waals surface area (Å²) in [7, 11) is 0. The lowest BCUT2D eigenvalue weighted by atomic mass is 9.95. The summed E-state index contributed by atoms with van der Waals surface area (Å²) in [5, 5.41) is 4.13. The van der Waals surface area contributed by atoms with Gasteiger partial charge in [0.1, 0.15) is 0 Å². The Morgan fingerprint density at radius 1 is 1.25 bits per heavy atom. The average Bonchev–Trinajstić information content (AvgIpc) is 2.94. The number of amides is 2. The van der Waals surface area contributed by atoms with Crippen molar-refractivity contribution in [2.75, 3.05) is 18.4 Å². The Hall–Kier alpha value is -2.30. The van der Waals surface area contributed by atoms with Crippen LogP contribution < -0.4 is 5.32 Å². The van der Waals surface area contributed by atoms with Crippen molar-refractivity contribution in [3.63, 3.8) is 0 Å². The van der Waals surface area contributed by atoms with Crippen LogP contribution in [0.25, 0.3) is 10.9 Å². The zero-order valence-corrected chi connectivity index (χ0v) is 14.4. The van der Waals surface area contributed by atoms with Crippen molar-refractivity contribution in [2.45, 2.75) is 39.5 Å². The Morgan fingerprint density at radius 3 is 2.71 bits per heavy atom. The molecule has 2 N–H and O–H groups in total. The number of carbonyl (C=O) groups excluding carboxylic acids is 2. The van der Waals surface area contributed by atoms with Crippen molar-refractivity contribution in [3.8, 4) is 0 Å². The number of nitrogens with zero attached hydrogens (tertiary/aromatic N) is 1. The van der Waals surface area contributed by atoms with Crippen LogP contribution >= 0.6 is 0 Å². The van der Waals surface area contributed by atoms with E-state index in [-0.39, 0.29) is 17.7 Å². The minimum atomic E-state index is -0.0145. The van der Waals surface area contributed by atoms with Crippen LogP contribution in [0.2, 0.25) is 0 Å². The van der Waals surface area contributed by atoms with Crippen molar-refractivity contribution in [1.29, 1.82) is 0 Å². The molecule has 0 spiro atoms. The molecular formula is C19H25N3O2. The van der Waals surface area contributed by atoms with Crippen LogP contribution in [0.1, 0.15) is 38.3 Å². The van der Waals surface area contributed by atoms with Crippen LogP contribution in [-0.2, 0) is 9.59 Å². The molecule has 1 fully saturated rings. The molecule has 0 atom stereocenters. The first-order chi connectivity index (χ1) is 11.6. The average molecular weight is 327 g/mol. The number of aryl methyl sites for hydroxylation is 1. The molecule has 5 nitrogen and oxygen atoms in total. The van der Waals surface area contributed by atoms with Crippen LogP contribution in [0.4, 0.5) is 5.69 Å². The van der Waals surface area contributed by atoms with E-state index in [4.69, 9.17) is 0 Å². The molecule has 1 saturated heterocycles. The molecular weight excluding hydrogens is 302 g/mol. The van der Waals surface area contributed by atoms with E-state index in [1.165, 1.54) is 0 Å². The van der Waals surface area contributed by atoms with E-state index in [1.54, 1.807) is 0 Å². The topological polar surface area (TPSA) is 65.2 Å². The quantitative estimate of drug-likeness (QED) is 0.903. The van der Waals surface area contributed by atoms with Gasteiger partial charge < -0.3 is 15.2 Å². The number of nitrogens with one attached hydrogen (secondary N) is 2. The molecule has 0 saturated carbocycles. The molecule has 2 amide bonds. The Morgan fingerprint density at radius 2 is 2.00 bits per heavy atom. The maximum atomic E-state index is 12.5. The number of benzene rings is 1. The summed E-state index contributed by atoms with van der Waals surface area (Å²) in [5.41, 5.74) is 3.02. The standard InChI is InChI=1S/C19H25N3O2/c1-3-4-18(23)22-9-7-14(8-10-22)19(24)21-16-5-6-17-15(12-16)11-13(2)20-17/h5-6,11-12,14,20H,3-4,7-10H2,1-2H3,(H,21,24). The second-order valence-corrected chi connectivity index (χ2v) is 6.65. The normalized spacial score (nSPS) is 15.7. The predicted octanol–water partition coefficient (Wildman–Crippen LogP) is 3.45. The van der Waals surface area contributed by atoms with Gasteiger partial charge in [-0.2, -0.15) is 0 Å². The lowest BCUT2D eigenvalue weighted by molar-refractivity contribution is -0.134. The van der Waals surface area contributed by atoms with Gasteiger partial charge in [0.2, 0.25) is 11.8 Å². The van der Waals surface area contributed by atoms with Crippen LogP contribution in [-0.4, -0.2) is 34.8 Å². The number of H-pyrrole nitrogens is 1. The van der Waals surface area contributed by atoms with E-state index >= 15 is 0 Å². The number of anilines is 1. The largest absolute Gasteiger partial charge is 0.359 e. The Balaban J connectivity index is 1.58. The Kier molecular flexibility index (Phi) is 4.88. The summed E-state index contributed by atoms with van der Waals surface area (Å²) in [6.45, 7) is 5.41. The number of rotatable bonds is 4. The van der Waals surface area contributed by atoms with Crippen LogP contribution in [0.3, 0.4) is 0 Å². The summed E-state index contributed by atoms with van der Waals surface area (Å²) in [4.78, 5) is 29.6. The van der Waals surface area contributed by atoms with Gasteiger partial charge in [0.05, 0.1) is 0 Å². The molecule has 1 aromatic carbocycles. The van der Waals surface area contributed by atoms with E-state index in [9.17, 15) is 9.59 Å². The number of aromatic nitrogens is 1. The zero-order valence-electron chi connectivity index (χ0n) is 14.4. The van der Waals surface area contributed by atoms with Gasteiger partial charge in [-0.1, -0.05) is 6.92 Å². The highest BCUT2D eigenvalue weighted by atomic mass is 16.2. The van der Waals surface area contributed by atoms with E-state index in [0.29, 0.717) is 19.5 Å².